The van der Waals surface area contributed by atoms with Gasteiger partial charge < -0.3 is 10.0 Å². The fourth-order valence-corrected chi connectivity index (χ4v) is 3.00. The van der Waals surface area contributed by atoms with E-state index in [1.807, 2.05) is 31.3 Å². The number of carboxylic acids is 1. The summed E-state index contributed by atoms with van der Waals surface area (Å²) in [6, 6.07) is 8.95. The normalized spacial score (nSPS) is 17.4. The fourth-order valence-electron chi connectivity index (χ4n) is 3.00. The molecule has 0 aliphatic carbocycles. The zero-order valence-corrected chi connectivity index (χ0v) is 13.0. The summed E-state index contributed by atoms with van der Waals surface area (Å²) in [5.74, 6) is -0.962. The van der Waals surface area contributed by atoms with Crippen molar-refractivity contribution in [3.8, 4) is 5.69 Å². The van der Waals surface area contributed by atoms with Crippen LogP contribution < -0.4 is 0 Å². The number of aromatic nitrogens is 2. The van der Waals surface area contributed by atoms with E-state index in [-0.39, 0.29) is 18.4 Å². The van der Waals surface area contributed by atoms with Crippen molar-refractivity contribution < 1.29 is 14.7 Å². The number of hydrogen-bond donors (Lipinski definition) is 1. The lowest BCUT2D eigenvalue weighted by molar-refractivity contribution is -0.137. The van der Waals surface area contributed by atoms with Crippen LogP contribution in [-0.4, -0.2) is 44.3 Å². The molecule has 1 N–H and O–H groups in total. The molecule has 1 amide bonds. The molecular weight excluding hydrogens is 294 g/mol. The van der Waals surface area contributed by atoms with Crippen LogP contribution in [0, 0.1) is 6.92 Å². The number of aliphatic carboxylic acids is 1. The van der Waals surface area contributed by atoms with Gasteiger partial charge in [-0.2, -0.15) is 5.10 Å². The Labute approximate surface area is 134 Å². The zero-order valence-electron chi connectivity index (χ0n) is 13.0. The molecule has 0 unspecified atom stereocenters. The fraction of sp³-hybridized carbons (Fsp3) is 0.353. The van der Waals surface area contributed by atoms with Gasteiger partial charge in [-0.1, -0.05) is 0 Å². The predicted molar refractivity (Wildman–Crippen MR) is 84.6 cm³/mol. The molecule has 1 fully saturated rings. The number of carbonyl (C=O) groups is 2. The largest absolute Gasteiger partial charge is 0.481 e. The Bertz CT molecular complexity index is 721. The first-order valence-electron chi connectivity index (χ1n) is 7.70. The molecule has 0 spiro atoms. The van der Waals surface area contributed by atoms with Gasteiger partial charge in [-0.3, -0.25) is 9.59 Å². The lowest BCUT2D eigenvalue weighted by atomic mass is 10.1. The van der Waals surface area contributed by atoms with Crippen molar-refractivity contribution in [2.24, 2.45) is 0 Å². The molecule has 120 valence electrons. The second kappa shape index (κ2) is 6.24. The average molecular weight is 313 g/mol. The van der Waals surface area contributed by atoms with E-state index in [0.29, 0.717) is 12.1 Å². The molecule has 0 radical (unpaired) electrons. The van der Waals surface area contributed by atoms with Crippen molar-refractivity contribution in [2.45, 2.75) is 32.2 Å². The number of hydrogen-bond acceptors (Lipinski definition) is 3. The maximum atomic E-state index is 12.6. The summed E-state index contributed by atoms with van der Waals surface area (Å²) >= 11 is 0. The minimum Gasteiger partial charge on any atom is -0.481 e. The molecule has 6 nitrogen and oxygen atoms in total. The molecule has 1 aliphatic rings. The van der Waals surface area contributed by atoms with Gasteiger partial charge in [0.1, 0.15) is 0 Å². The van der Waals surface area contributed by atoms with E-state index in [0.717, 1.165) is 24.2 Å². The first-order chi connectivity index (χ1) is 11.0. The molecule has 0 bridgehead atoms. The quantitative estimate of drug-likeness (QED) is 0.939. The highest BCUT2D eigenvalue weighted by atomic mass is 16.4. The topological polar surface area (TPSA) is 75.4 Å². The summed E-state index contributed by atoms with van der Waals surface area (Å²) in [5, 5.41) is 13.3. The Balaban J connectivity index is 1.76. The van der Waals surface area contributed by atoms with Crippen LogP contribution in [0.2, 0.25) is 0 Å². The summed E-state index contributed by atoms with van der Waals surface area (Å²) in [6.45, 7) is 2.54. The molecule has 1 aliphatic heterocycles. The third-order valence-corrected chi connectivity index (χ3v) is 4.15. The summed E-state index contributed by atoms with van der Waals surface area (Å²) in [6.07, 6.45) is 3.49. The maximum Gasteiger partial charge on any atom is 0.305 e. The van der Waals surface area contributed by atoms with Gasteiger partial charge in [0.25, 0.3) is 5.91 Å². The lowest BCUT2D eigenvalue weighted by Gasteiger charge is -2.23. The van der Waals surface area contributed by atoms with E-state index in [4.69, 9.17) is 5.11 Å². The van der Waals surface area contributed by atoms with Crippen LogP contribution in [0.3, 0.4) is 0 Å². The summed E-state index contributed by atoms with van der Waals surface area (Å²) in [4.78, 5) is 25.2. The molecule has 1 saturated heterocycles. The van der Waals surface area contributed by atoms with Crippen molar-refractivity contribution in [3.05, 3.63) is 47.8 Å². The van der Waals surface area contributed by atoms with E-state index < -0.39 is 5.97 Å². The number of benzene rings is 1. The van der Waals surface area contributed by atoms with Crippen LogP contribution in [0.4, 0.5) is 0 Å². The van der Waals surface area contributed by atoms with Gasteiger partial charge in [0.15, 0.2) is 0 Å². The smallest absolute Gasteiger partial charge is 0.305 e. The van der Waals surface area contributed by atoms with Gasteiger partial charge in [0, 0.05) is 24.3 Å². The van der Waals surface area contributed by atoms with Gasteiger partial charge in [0.2, 0.25) is 0 Å². The number of nitrogens with zero attached hydrogens (tertiary/aromatic N) is 3. The molecular formula is C17H19N3O3. The Hall–Kier alpha value is -2.63. The Morgan fingerprint density at radius 1 is 1.26 bits per heavy atom. The third kappa shape index (κ3) is 3.26. The van der Waals surface area contributed by atoms with Crippen LogP contribution in [0.1, 0.15) is 35.3 Å². The van der Waals surface area contributed by atoms with Gasteiger partial charge in [-0.05, 0) is 50.1 Å². The zero-order chi connectivity index (χ0) is 16.4. The average Bonchev–Trinajstić information content (AvgIpc) is 3.15. The van der Waals surface area contributed by atoms with Crippen LogP contribution in [0.15, 0.2) is 36.5 Å². The summed E-state index contributed by atoms with van der Waals surface area (Å²) in [7, 11) is 0. The minimum atomic E-state index is -0.862. The molecule has 1 atom stereocenters. The Morgan fingerprint density at radius 2 is 2.00 bits per heavy atom. The van der Waals surface area contributed by atoms with E-state index in [1.54, 1.807) is 21.7 Å². The molecule has 23 heavy (non-hydrogen) atoms. The third-order valence-electron chi connectivity index (χ3n) is 4.15. The Morgan fingerprint density at radius 3 is 2.61 bits per heavy atom. The number of rotatable bonds is 4. The van der Waals surface area contributed by atoms with E-state index in [9.17, 15) is 9.59 Å². The molecule has 6 heteroatoms. The molecule has 2 heterocycles. The van der Waals surface area contributed by atoms with Gasteiger partial charge >= 0.3 is 5.97 Å². The van der Waals surface area contributed by atoms with Crippen LogP contribution in [0.5, 0.6) is 0 Å². The van der Waals surface area contributed by atoms with E-state index in [2.05, 4.69) is 5.10 Å². The number of likely N-dealkylation sites (tertiary alicyclic amines) is 1. The highest BCUT2D eigenvalue weighted by molar-refractivity contribution is 5.95. The molecule has 1 aromatic heterocycles. The second-order valence-electron chi connectivity index (χ2n) is 5.84. The monoisotopic (exact) mass is 313 g/mol. The Kier molecular flexibility index (Phi) is 4.14. The molecule has 2 aromatic rings. The van der Waals surface area contributed by atoms with Gasteiger partial charge in [-0.25, -0.2) is 4.68 Å². The van der Waals surface area contributed by atoms with Crippen LogP contribution in [-0.2, 0) is 4.79 Å². The van der Waals surface area contributed by atoms with Crippen molar-refractivity contribution in [2.75, 3.05) is 6.54 Å². The second-order valence-corrected chi connectivity index (χ2v) is 5.84. The first kappa shape index (κ1) is 15.3. The molecule has 3 rings (SSSR count). The van der Waals surface area contributed by atoms with Crippen LogP contribution in [0.25, 0.3) is 5.69 Å². The maximum absolute atomic E-state index is 12.6. The van der Waals surface area contributed by atoms with E-state index >= 15 is 0 Å². The van der Waals surface area contributed by atoms with E-state index in [1.165, 1.54) is 0 Å². The SMILES string of the molecule is Cc1ccn(-c2ccc(C(=O)N3CCC[C@H]3CC(=O)O)cc2)n1. The predicted octanol–water partition coefficient (Wildman–Crippen LogP) is 2.26. The number of carboxylic acid groups (broad SMARTS) is 1. The highest BCUT2D eigenvalue weighted by Gasteiger charge is 2.30. The number of amides is 1. The molecule has 0 saturated carbocycles. The summed E-state index contributed by atoms with van der Waals surface area (Å²) in [5.41, 5.74) is 2.40. The minimum absolute atomic E-state index is 0.0103. The number of carbonyl (C=O) groups excluding carboxylic acids is 1. The van der Waals surface area contributed by atoms with Crippen molar-refractivity contribution in [1.29, 1.82) is 0 Å². The first-order valence-corrected chi connectivity index (χ1v) is 7.70. The highest BCUT2D eigenvalue weighted by Crippen LogP contribution is 2.23. The summed E-state index contributed by atoms with van der Waals surface area (Å²) < 4.78 is 1.76. The van der Waals surface area contributed by atoms with Crippen LogP contribution >= 0.6 is 0 Å². The van der Waals surface area contributed by atoms with Crippen molar-refractivity contribution in [3.63, 3.8) is 0 Å². The van der Waals surface area contributed by atoms with Gasteiger partial charge in [-0.15, -0.1) is 0 Å². The lowest BCUT2D eigenvalue weighted by Crippen LogP contribution is -2.36. The molecule has 1 aromatic carbocycles. The van der Waals surface area contributed by atoms with Crippen molar-refractivity contribution >= 4 is 11.9 Å². The van der Waals surface area contributed by atoms with Gasteiger partial charge in [0.05, 0.1) is 17.8 Å². The van der Waals surface area contributed by atoms with Crippen molar-refractivity contribution in [1.82, 2.24) is 14.7 Å². The standard InChI is InChI=1S/C17H19N3O3/c1-12-8-10-20(18-12)14-6-4-13(5-7-14)17(23)19-9-2-3-15(19)11-16(21)22/h4-8,10,15H,2-3,9,11H2,1H3,(H,21,22)/t15-/m0/s1. The number of aryl methyl sites for hydroxylation is 1.